The number of rotatable bonds is 6. The molecule has 10 heteroatoms. The third-order valence-electron chi connectivity index (χ3n) is 4.40. The number of hydrogen-bond donors (Lipinski definition) is 3. The average molecular weight is 393 g/mol. The molecule has 29 heavy (non-hydrogen) atoms. The van der Waals surface area contributed by atoms with E-state index in [1.807, 2.05) is 0 Å². The van der Waals surface area contributed by atoms with Crippen molar-refractivity contribution >= 4 is 17.0 Å². The molecular formula is C19H19N7O3. The van der Waals surface area contributed by atoms with E-state index >= 15 is 0 Å². The summed E-state index contributed by atoms with van der Waals surface area (Å²) in [5.74, 6) is 0.812. The van der Waals surface area contributed by atoms with Gasteiger partial charge in [-0.3, -0.25) is 0 Å². The molecule has 3 aromatic heterocycles. The molecule has 0 fully saturated rings. The normalized spacial score (nSPS) is 13.3. The summed E-state index contributed by atoms with van der Waals surface area (Å²) in [6.07, 6.45) is 4.67. The van der Waals surface area contributed by atoms with Crippen molar-refractivity contribution in [3.8, 4) is 11.8 Å². The van der Waals surface area contributed by atoms with E-state index in [1.165, 1.54) is 6.20 Å². The maximum absolute atomic E-state index is 11.1. The molecule has 10 nitrogen and oxygen atoms in total. The predicted molar refractivity (Wildman–Crippen MR) is 104 cm³/mol. The molecular weight excluding hydrogens is 374 g/mol. The largest absolute Gasteiger partial charge is 0.462 e. The van der Waals surface area contributed by atoms with Gasteiger partial charge in [0.1, 0.15) is 18.0 Å². The van der Waals surface area contributed by atoms with Crippen LogP contribution in [-0.4, -0.2) is 52.9 Å². The van der Waals surface area contributed by atoms with Crippen molar-refractivity contribution in [1.82, 2.24) is 29.5 Å². The second-order valence-electron chi connectivity index (χ2n) is 6.42. The van der Waals surface area contributed by atoms with Crippen LogP contribution in [0.3, 0.4) is 0 Å². The van der Waals surface area contributed by atoms with Crippen molar-refractivity contribution in [2.45, 2.75) is 12.5 Å². The highest BCUT2D eigenvalue weighted by Crippen LogP contribution is 2.32. The molecule has 4 N–H and O–H groups in total. The Balaban J connectivity index is 1.90. The van der Waals surface area contributed by atoms with Crippen LogP contribution in [0.25, 0.3) is 16.9 Å². The molecule has 0 amide bonds. The van der Waals surface area contributed by atoms with Gasteiger partial charge in [-0.05, 0) is 30.7 Å². The number of aliphatic hydroxyl groups is 2. The van der Waals surface area contributed by atoms with Crippen LogP contribution in [0, 0.1) is 0 Å². The monoisotopic (exact) mass is 393 g/mol. The van der Waals surface area contributed by atoms with Gasteiger partial charge in [-0.15, -0.1) is 0 Å². The average Bonchev–Trinajstić information content (AvgIpc) is 3.10. The minimum absolute atomic E-state index is 0.0618. The van der Waals surface area contributed by atoms with Crippen molar-refractivity contribution in [2.75, 3.05) is 18.9 Å². The Kier molecular flexibility index (Phi) is 4.79. The van der Waals surface area contributed by atoms with E-state index in [-0.39, 0.29) is 31.0 Å². The zero-order valence-electron chi connectivity index (χ0n) is 15.6. The number of nitrogens with zero attached hydrogens (tertiary/aromatic N) is 6. The fourth-order valence-corrected chi connectivity index (χ4v) is 2.98. The molecule has 0 saturated heterocycles. The van der Waals surface area contributed by atoms with Crippen LogP contribution < -0.4 is 10.5 Å². The van der Waals surface area contributed by atoms with Gasteiger partial charge in [0.25, 0.3) is 0 Å². The molecule has 1 aromatic carbocycles. The van der Waals surface area contributed by atoms with Gasteiger partial charge in [-0.25, -0.2) is 19.5 Å². The second-order valence-corrected chi connectivity index (χ2v) is 6.42. The lowest BCUT2D eigenvalue weighted by Crippen LogP contribution is -2.25. The first-order valence-electron chi connectivity index (χ1n) is 8.86. The highest BCUT2D eigenvalue weighted by molar-refractivity contribution is 5.80. The fraction of sp³-hybridized carbons (Fsp3) is 0.211. The van der Waals surface area contributed by atoms with E-state index in [0.29, 0.717) is 22.4 Å². The van der Waals surface area contributed by atoms with E-state index in [9.17, 15) is 5.11 Å². The topological polar surface area (TPSA) is 145 Å². The van der Waals surface area contributed by atoms with Crippen molar-refractivity contribution in [3.63, 3.8) is 0 Å². The highest BCUT2D eigenvalue weighted by Gasteiger charge is 2.30. The molecule has 1 atom stereocenters. The number of fused-ring (bicyclic) bond motifs is 1. The molecule has 4 aromatic rings. The number of anilines is 1. The Bertz CT molecular complexity index is 1150. The lowest BCUT2D eigenvalue weighted by molar-refractivity contribution is 0.0922. The van der Waals surface area contributed by atoms with Crippen LogP contribution in [0.5, 0.6) is 6.01 Å². The summed E-state index contributed by atoms with van der Waals surface area (Å²) in [5, 5.41) is 20.2. The standard InChI is InChI=1S/C19H19N7O3/c1-19(28,16-21-6-2-7-22-16)12-3-4-13-14(11-12)26(18(24-13)29-10-9-27)15-5-8-23-17(20)25-15/h2-8,11,27-28H,9-10H2,1H3,(H2,20,23,25). The summed E-state index contributed by atoms with van der Waals surface area (Å²) in [7, 11) is 0. The van der Waals surface area contributed by atoms with Crippen LogP contribution in [0.2, 0.25) is 0 Å². The summed E-state index contributed by atoms with van der Waals surface area (Å²) < 4.78 is 7.24. The lowest BCUT2D eigenvalue weighted by Gasteiger charge is -2.22. The fourth-order valence-electron chi connectivity index (χ4n) is 2.98. The molecule has 0 aliphatic carbocycles. The molecule has 0 aliphatic rings. The molecule has 4 rings (SSSR count). The summed E-state index contributed by atoms with van der Waals surface area (Å²) in [6.45, 7) is 1.52. The third-order valence-corrected chi connectivity index (χ3v) is 4.40. The number of nitrogens with two attached hydrogens (primary N) is 1. The van der Waals surface area contributed by atoms with Gasteiger partial charge in [-0.2, -0.15) is 9.97 Å². The molecule has 0 bridgehead atoms. The van der Waals surface area contributed by atoms with Gasteiger partial charge in [-0.1, -0.05) is 6.07 Å². The first-order chi connectivity index (χ1) is 14.0. The van der Waals surface area contributed by atoms with Gasteiger partial charge < -0.3 is 20.7 Å². The maximum Gasteiger partial charge on any atom is 0.303 e. The van der Waals surface area contributed by atoms with E-state index in [1.54, 1.807) is 54.2 Å². The molecule has 0 aliphatic heterocycles. The van der Waals surface area contributed by atoms with Gasteiger partial charge >= 0.3 is 6.01 Å². The van der Waals surface area contributed by atoms with E-state index in [0.717, 1.165) is 0 Å². The van der Waals surface area contributed by atoms with Crippen LogP contribution in [-0.2, 0) is 5.60 Å². The number of benzene rings is 1. The van der Waals surface area contributed by atoms with E-state index in [2.05, 4.69) is 24.9 Å². The SMILES string of the molecule is CC(O)(c1ccc2nc(OCCO)n(-c3ccnc(N)n3)c2c1)c1ncccn1. The molecule has 0 spiro atoms. The number of aromatic nitrogens is 6. The summed E-state index contributed by atoms with van der Waals surface area (Å²) in [5.41, 5.74) is 6.12. The third kappa shape index (κ3) is 3.46. The second kappa shape index (κ2) is 7.41. The number of hydrogen-bond acceptors (Lipinski definition) is 9. The smallest absolute Gasteiger partial charge is 0.303 e. The van der Waals surface area contributed by atoms with Crippen molar-refractivity contribution in [1.29, 1.82) is 0 Å². The number of imidazole rings is 1. The Morgan fingerprint density at radius 3 is 2.62 bits per heavy atom. The minimum atomic E-state index is -1.43. The molecule has 148 valence electrons. The summed E-state index contributed by atoms with van der Waals surface area (Å²) >= 11 is 0. The van der Waals surface area contributed by atoms with Crippen LogP contribution >= 0.6 is 0 Å². The maximum atomic E-state index is 11.1. The zero-order chi connectivity index (χ0) is 20.4. The summed E-state index contributed by atoms with van der Waals surface area (Å²) in [4.78, 5) is 21.0. The van der Waals surface area contributed by atoms with Gasteiger partial charge in [0.05, 0.1) is 17.6 Å². The van der Waals surface area contributed by atoms with Gasteiger partial charge in [0.2, 0.25) is 5.95 Å². The van der Waals surface area contributed by atoms with Crippen molar-refractivity contribution < 1.29 is 14.9 Å². The van der Waals surface area contributed by atoms with Crippen molar-refractivity contribution in [2.24, 2.45) is 0 Å². The zero-order valence-corrected chi connectivity index (χ0v) is 15.6. The van der Waals surface area contributed by atoms with E-state index in [4.69, 9.17) is 15.6 Å². The van der Waals surface area contributed by atoms with Crippen molar-refractivity contribution in [3.05, 3.63) is 60.3 Å². The molecule has 0 radical (unpaired) electrons. The first-order valence-corrected chi connectivity index (χ1v) is 8.86. The van der Waals surface area contributed by atoms with Gasteiger partial charge in [0.15, 0.2) is 5.82 Å². The van der Waals surface area contributed by atoms with Gasteiger partial charge in [0, 0.05) is 24.7 Å². The predicted octanol–water partition coefficient (Wildman–Crippen LogP) is 0.815. The molecule has 1 unspecified atom stereocenters. The quantitative estimate of drug-likeness (QED) is 0.433. The minimum Gasteiger partial charge on any atom is -0.462 e. The Morgan fingerprint density at radius 1 is 1.10 bits per heavy atom. The Hall–Kier alpha value is -3.63. The van der Waals surface area contributed by atoms with Crippen LogP contribution in [0.15, 0.2) is 48.9 Å². The first kappa shape index (κ1) is 18.7. The number of aliphatic hydroxyl groups excluding tert-OH is 1. The van der Waals surface area contributed by atoms with Crippen LogP contribution in [0.4, 0.5) is 5.95 Å². The number of ether oxygens (including phenoxy) is 1. The molecule has 0 saturated carbocycles. The number of nitrogen functional groups attached to an aromatic ring is 1. The Labute approximate surface area is 165 Å². The lowest BCUT2D eigenvalue weighted by atomic mass is 9.94. The Morgan fingerprint density at radius 2 is 1.90 bits per heavy atom. The van der Waals surface area contributed by atoms with E-state index < -0.39 is 5.60 Å². The highest BCUT2D eigenvalue weighted by atomic mass is 16.5. The van der Waals surface area contributed by atoms with Crippen LogP contribution in [0.1, 0.15) is 18.3 Å². The summed E-state index contributed by atoms with van der Waals surface area (Å²) in [6, 6.07) is 8.86. The molecule has 3 heterocycles.